The number of amides is 1. The summed E-state index contributed by atoms with van der Waals surface area (Å²) in [6, 6.07) is 19.4. The SMILES string of the molecule is CC(=O)N[C@H](CC[C@@H](O)c1ccccc1)c1ccccc1. The Morgan fingerprint density at radius 2 is 1.48 bits per heavy atom. The summed E-state index contributed by atoms with van der Waals surface area (Å²) in [6.45, 7) is 1.52. The van der Waals surface area contributed by atoms with E-state index in [9.17, 15) is 9.90 Å². The van der Waals surface area contributed by atoms with E-state index < -0.39 is 6.10 Å². The third-order valence-electron chi connectivity index (χ3n) is 3.49. The zero-order valence-corrected chi connectivity index (χ0v) is 12.2. The van der Waals surface area contributed by atoms with E-state index in [2.05, 4.69) is 5.32 Å². The molecule has 0 unspecified atom stereocenters. The summed E-state index contributed by atoms with van der Waals surface area (Å²) in [4.78, 5) is 11.4. The predicted octanol–water partition coefficient (Wildman–Crippen LogP) is 3.38. The highest BCUT2D eigenvalue weighted by Gasteiger charge is 2.15. The van der Waals surface area contributed by atoms with Gasteiger partial charge in [0.15, 0.2) is 0 Å². The molecule has 21 heavy (non-hydrogen) atoms. The summed E-state index contributed by atoms with van der Waals surface area (Å²) in [5.41, 5.74) is 1.97. The van der Waals surface area contributed by atoms with Gasteiger partial charge in [-0.3, -0.25) is 4.79 Å². The van der Waals surface area contributed by atoms with E-state index in [-0.39, 0.29) is 11.9 Å². The highest BCUT2D eigenvalue weighted by molar-refractivity contribution is 5.73. The van der Waals surface area contributed by atoms with Crippen LogP contribution in [0.1, 0.15) is 43.0 Å². The molecule has 2 N–H and O–H groups in total. The van der Waals surface area contributed by atoms with Crippen molar-refractivity contribution in [3.63, 3.8) is 0 Å². The molecule has 0 saturated heterocycles. The van der Waals surface area contributed by atoms with Crippen LogP contribution in [0.4, 0.5) is 0 Å². The Kier molecular flexibility index (Phi) is 5.52. The van der Waals surface area contributed by atoms with Gasteiger partial charge in [0.25, 0.3) is 0 Å². The Hall–Kier alpha value is -2.13. The second-order valence-corrected chi connectivity index (χ2v) is 5.17. The lowest BCUT2D eigenvalue weighted by Gasteiger charge is -2.20. The van der Waals surface area contributed by atoms with Crippen molar-refractivity contribution in [2.45, 2.75) is 31.9 Å². The molecular formula is C18H21NO2. The first kappa shape index (κ1) is 15.3. The van der Waals surface area contributed by atoms with Crippen LogP contribution in [-0.4, -0.2) is 11.0 Å². The summed E-state index contributed by atoms with van der Waals surface area (Å²) in [7, 11) is 0. The molecule has 0 fully saturated rings. The third kappa shape index (κ3) is 4.72. The van der Waals surface area contributed by atoms with Gasteiger partial charge in [-0.1, -0.05) is 60.7 Å². The minimum absolute atomic E-state index is 0.0574. The first-order valence-corrected chi connectivity index (χ1v) is 7.22. The van der Waals surface area contributed by atoms with Gasteiger partial charge in [-0.15, -0.1) is 0 Å². The lowest BCUT2D eigenvalue weighted by molar-refractivity contribution is -0.119. The fourth-order valence-corrected chi connectivity index (χ4v) is 2.42. The molecule has 2 rings (SSSR count). The summed E-state index contributed by atoms with van der Waals surface area (Å²) < 4.78 is 0. The molecule has 0 radical (unpaired) electrons. The van der Waals surface area contributed by atoms with E-state index in [0.717, 1.165) is 11.1 Å². The molecule has 0 saturated carbocycles. The third-order valence-corrected chi connectivity index (χ3v) is 3.49. The van der Waals surface area contributed by atoms with Crippen LogP contribution in [0, 0.1) is 0 Å². The molecule has 3 nitrogen and oxygen atoms in total. The van der Waals surface area contributed by atoms with Gasteiger partial charge in [-0.25, -0.2) is 0 Å². The molecule has 0 heterocycles. The first-order chi connectivity index (χ1) is 10.2. The fourth-order valence-electron chi connectivity index (χ4n) is 2.42. The number of rotatable bonds is 6. The van der Waals surface area contributed by atoms with E-state index in [4.69, 9.17) is 0 Å². The van der Waals surface area contributed by atoms with Crippen LogP contribution in [0.25, 0.3) is 0 Å². The number of benzene rings is 2. The van der Waals surface area contributed by atoms with Crippen molar-refractivity contribution >= 4 is 5.91 Å². The molecule has 0 aromatic heterocycles. The number of aliphatic hydroxyl groups excluding tert-OH is 1. The van der Waals surface area contributed by atoms with Crippen LogP contribution in [0.3, 0.4) is 0 Å². The van der Waals surface area contributed by atoms with Crippen LogP contribution in [0.2, 0.25) is 0 Å². The minimum atomic E-state index is -0.508. The van der Waals surface area contributed by atoms with E-state index in [1.807, 2.05) is 60.7 Å². The second-order valence-electron chi connectivity index (χ2n) is 5.17. The van der Waals surface area contributed by atoms with Crippen LogP contribution >= 0.6 is 0 Å². The standard InChI is InChI=1S/C18H21NO2/c1-14(20)19-17(15-8-4-2-5-9-15)12-13-18(21)16-10-6-3-7-11-16/h2-11,17-18,21H,12-13H2,1H3,(H,19,20)/t17-,18-/m1/s1. The van der Waals surface area contributed by atoms with E-state index in [0.29, 0.717) is 12.8 Å². The smallest absolute Gasteiger partial charge is 0.217 e. The van der Waals surface area contributed by atoms with Gasteiger partial charge in [0, 0.05) is 6.92 Å². The first-order valence-electron chi connectivity index (χ1n) is 7.22. The highest BCUT2D eigenvalue weighted by Crippen LogP contribution is 2.24. The Labute approximate surface area is 125 Å². The number of carbonyl (C=O) groups excluding carboxylic acids is 1. The largest absolute Gasteiger partial charge is 0.388 e. The predicted molar refractivity (Wildman–Crippen MR) is 83.6 cm³/mol. The van der Waals surface area contributed by atoms with Gasteiger partial charge in [-0.05, 0) is 24.0 Å². The van der Waals surface area contributed by atoms with Crippen molar-refractivity contribution < 1.29 is 9.90 Å². The maximum Gasteiger partial charge on any atom is 0.217 e. The monoisotopic (exact) mass is 283 g/mol. The molecule has 0 spiro atoms. The average Bonchev–Trinajstić information content (AvgIpc) is 2.52. The van der Waals surface area contributed by atoms with E-state index in [1.54, 1.807) is 0 Å². The number of aliphatic hydroxyl groups is 1. The molecule has 0 bridgehead atoms. The number of carbonyl (C=O) groups is 1. The molecule has 2 atom stereocenters. The molecule has 1 amide bonds. The molecular weight excluding hydrogens is 262 g/mol. The van der Waals surface area contributed by atoms with Crippen LogP contribution in [-0.2, 0) is 4.79 Å². The van der Waals surface area contributed by atoms with Gasteiger partial charge < -0.3 is 10.4 Å². The lowest BCUT2D eigenvalue weighted by Crippen LogP contribution is -2.26. The van der Waals surface area contributed by atoms with Crippen LogP contribution < -0.4 is 5.32 Å². The maximum absolute atomic E-state index is 11.4. The Morgan fingerprint density at radius 1 is 0.952 bits per heavy atom. The molecule has 110 valence electrons. The number of hydrogen-bond acceptors (Lipinski definition) is 2. The Balaban J connectivity index is 2.01. The van der Waals surface area contributed by atoms with Crippen molar-refractivity contribution in [1.82, 2.24) is 5.32 Å². The molecule has 2 aromatic carbocycles. The van der Waals surface area contributed by atoms with Gasteiger partial charge in [0.1, 0.15) is 0 Å². The lowest BCUT2D eigenvalue weighted by atomic mass is 9.97. The molecule has 3 heteroatoms. The average molecular weight is 283 g/mol. The molecule has 0 aliphatic carbocycles. The van der Waals surface area contributed by atoms with E-state index in [1.165, 1.54) is 6.92 Å². The quantitative estimate of drug-likeness (QED) is 0.854. The maximum atomic E-state index is 11.4. The van der Waals surface area contributed by atoms with Crippen molar-refractivity contribution in [2.75, 3.05) is 0 Å². The Morgan fingerprint density at radius 3 is 2.00 bits per heavy atom. The zero-order chi connectivity index (χ0) is 15.1. The highest BCUT2D eigenvalue weighted by atomic mass is 16.3. The van der Waals surface area contributed by atoms with Gasteiger partial charge >= 0.3 is 0 Å². The Bertz CT molecular complexity index is 554. The normalized spacial score (nSPS) is 13.4. The number of hydrogen-bond donors (Lipinski definition) is 2. The van der Waals surface area contributed by atoms with E-state index >= 15 is 0 Å². The van der Waals surface area contributed by atoms with Crippen molar-refractivity contribution in [3.05, 3.63) is 71.8 Å². The topological polar surface area (TPSA) is 49.3 Å². The van der Waals surface area contributed by atoms with Crippen molar-refractivity contribution in [3.8, 4) is 0 Å². The fraction of sp³-hybridized carbons (Fsp3) is 0.278. The minimum Gasteiger partial charge on any atom is -0.388 e. The van der Waals surface area contributed by atoms with Gasteiger partial charge in [-0.2, -0.15) is 0 Å². The number of nitrogens with one attached hydrogen (secondary N) is 1. The van der Waals surface area contributed by atoms with Crippen LogP contribution in [0.5, 0.6) is 0 Å². The van der Waals surface area contributed by atoms with Crippen LogP contribution in [0.15, 0.2) is 60.7 Å². The van der Waals surface area contributed by atoms with Gasteiger partial charge in [0.2, 0.25) is 5.91 Å². The summed E-state index contributed by atoms with van der Waals surface area (Å²) in [5, 5.41) is 13.2. The molecule has 0 aliphatic heterocycles. The van der Waals surface area contributed by atoms with Gasteiger partial charge in [0.05, 0.1) is 12.1 Å². The molecule has 0 aliphatic rings. The second kappa shape index (κ2) is 7.60. The summed E-state index contributed by atoms with van der Waals surface area (Å²) in [5.74, 6) is -0.0574. The van der Waals surface area contributed by atoms with Crippen molar-refractivity contribution in [1.29, 1.82) is 0 Å². The summed E-state index contributed by atoms with van der Waals surface area (Å²) >= 11 is 0. The summed E-state index contributed by atoms with van der Waals surface area (Å²) in [6.07, 6.45) is 0.787. The molecule has 2 aromatic rings. The zero-order valence-electron chi connectivity index (χ0n) is 12.2. The van der Waals surface area contributed by atoms with Crippen molar-refractivity contribution in [2.24, 2.45) is 0 Å².